The number of nitrogens with two attached hydrogens (primary N) is 1. The van der Waals surface area contributed by atoms with Crippen molar-refractivity contribution >= 4 is 22.7 Å². The normalized spacial score (nSPS) is 18.4. The van der Waals surface area contributed by atoms with E-state index in [1.165, 1.54) is 22.9 Å². The number of aliphatic hydroxyl groups is 1. The minimum atomic E-state index is -1.69. The molecule has 2 aromatic heterocycles. The van der Waals surface area contributed by atoms with Gasteiger partial charge in [0.05, 0.1) is 12.6 Å². The molecule has 3 N–H and O–H groups in total. The second-order valence-electron chi connectivity index (χ2n) is 7.00. The molecule has 0 radical (unpaired) electrons. The number of benzene rings is 1. The molecule has 9 heteroatoms. The van der Waals surface area contributed by atoms with Gasteiger partial charge in [-0.25, -0.2) is 9.67 Å². The standard InChI is InChI=1S/C21H19N5O4/c1-25-10-8-21(29,20(25)28)7-5-13-6-9-23-17(11-13)26-16-4-3-14(30-2)12-15(16)18(24-26)19(22)27/h3-4,6,9,11-12,29H,8,10H2,1-2H3,(H2,22,27). The van der Waals surface area contributed by atoms with Gasteiger partial charge in [-0.2, -0.15) is 5.10 Å². The first-order valence-corrected chi connectivity index (χ1v) is 9.16. The van der Waals surface area contributed by atoms with Crippen LogP contribution in [0.2, 0.25) is 0 Å². The number of fused-ring (bicyclic) bond motifs is 1. The number of likely N-dealkylation sites (tertiary alicyclic amines) is 1. The molecule has 1 aliphatic rings. The summed E-state index contributed by atoms with van der Waals surface area (Å²) in [6.45, 7) is 0.449. The highest BCUT2D eigenvalue weighted by Crippen LogP contribution is 2.26. The molecule has 30 heavy (non-hydrogen) atoms. The zero-order chi connectivity index (χ0) is 21.5. The number of aromatic nitrogens is 3. The van der Waals surface area contributed by atoms with Crippen LogP contribution in [0.1, 0.15) is 22.5 Å². The Morgan fingerprint density at radius 3 is 2.80 bits per heavy atom. The molecule has 0 spiro atoms. The second-order valence-corrected chi connectivity index (χ2v) is 7.00. The number of hydrogen-bond acceptors (Lipinski definition) is 6. The Morgan fingerprint density at radius 2 is 2.13 bits per heavy atom. The highest BCUT2D eigenvalue weighted by Gasteiger charge is 2.42. The summed E-state index contributed by atoms with van der Waals surface area (Å²) < 4.78 is 6.71. The topological polar surface area (TPSA) is 124 Å². The highest BCUT2D eigenvalue weighted by molar-refractivity contribution is 6.04. The van der Waals surface area contributed by atoms with E-state index in [9.17, 15) is 14.7 Å². The smallest absolute Gasteiger partial charge is 0.269 e. The monoisotopic (exact) mass is 405 g/mol. The van der Waals surface area contributed by atoms with E-state index < -0.39 is 17.4 Å². The first-order chi connectivity index (χ1) is 14.3. The fourth-order valence-electron chi connectivity index (χ4n) is 3.34. The van der Waals surface area contributed by atoms with Crippen molar-refractivity contribution in [3.8, 4) is 23.4 Å². The number of likely N-dealkylation sites (N-methyl/N-ethyl adjacent to an activating group) is 1. The Balaban J connectivity index is 1.77. The van der Waals surface area contributed by atoms with Gasteiger partial charge in [0.25, 0.3) is 11.8 Å². The maximum Gasteiger partial charge on any atom is 0.269 e. The number of nitrogens with zero attached hydrogens (tertiary/aromatic N) is 4. The van der Waals surface area contributed by atoms with Crippen molar-refractivity contribution in [1.29, 1.82) is 0 Å². The first kappa shape index (κ1) is 19.4. The van der Waals surface area contributed by atoms with Crippen LogP contribution in [0.5, 0.6) is 5.75 Å². The predicted molar refractivity (Wildman–Crippen MR) is 108 cm³/mol. The Morgan fingerprint density at radius 1 is 1.33 bits per heavy atom. The Hall–Kier alpha value is -3.90. The third kappa shape index (κ3) is 3.23. The minimum absolute atomic E-state index is 0.0936. The molecule has 152 valence electrons. The van der Waals surface area contributed by atoms with Gasteiger partial charge < -0.3 is 20.5 Å². The van der Waals surface area contributed by atoms with Crippen molar-refractivity contribution in [2.24, 2.45) is 5.73 Å². The van der Waals surface area contributed by atoms with E-state index in [4.69, 9.17) is 10.5 Å². The van der Waals surface area contributed by atoms with E-state index in [1.807, 2.05) is 0 Å². The molecule has 4 rings (SSSR count). The Bertz CT molecular complexity index is 1240. The lowest BCUT2D eigenvalue weighted by Gasteiger charge is -2.13. The van der Waals surface area contributed by atoms with Crippen molar-refractivity contribution in [3.05, 3.63) is 47.8 Å². The molecule has 0 saturated carbocycles. The van der Waals surface area contributed by atoms with E-state index in [2.05, 4.69) is 21.9 Å². The molecule has 1 atom stereocenters. The van der Waals surface area contributed by atoms with Crippen molar-refractivity contribution in [1.82, 2.24) is 19.7 Å². The molecule has 1 aliphatic heterocycles. The summed E-state index contributed by atoms with van der Waals surface area (Å²) in [5.41, 5.74) is 5.05. The number of ether oxygens (including phenoxy) is 1. The summed E-state index contributed by atoms with van der Waals surface area (Å²) in [5.74, 6) is 5.41. The van der Waals surface area contributed by atoms with Crippen LogP contribution in [0, 0.1) is 11.8 Å². The number of carbonyl (C=O) groups excluding carboxylic acids is 2. The number of hydrogen-bond donors (Lipinski definition) is 2. The molecule has 2 amide bonds. The van der Waals surface area contributed by atoms with Crippen LogP contribution in [0.4, 0.5) is 0 Å². The lowest BCUT2D eigenvalue weighted by atomic mass is 10.0. The Kier molecular flexibility index (Phi) is 4.64. The van der Waals surface area contributed by atoms with E-state index in [0.29, 0.717) is 34.6 Å². The zero-order valence-corrected chi connectivity index (χ0v) is 16.4. The summed E-state index contributed by atoms with van der Waals surface area (Å²) in [4.78, 5) is 29.7. The van der Waals surface area contributed by atoms with Crippen LogP contribution in [0.3, 0.4) is 0 Å². The second kappa shape index (κ2) is 7.17. The number of primary amides is 1. The Labute approximate surface area is 172 Å². The average molecular weight is 405 g/mol. The lowest BCUT2D eigenvalue weighted by Crippen LogP contribution is -2.37. The maximum absolute atomic E-state index is 12.1. The fourth-order valence-corrected chi connectivity index (χ4v) is 3.34. The summed E-state index contributed by atoms with van der Waals surface area (Å²) >= 11 is 0. The van der Waals surface area contributed by atoms with Gasteiger partial charge in [0, 0.05) is 37.2 Å². The van der Waals surface area contributed by atoms with Gasteiger partial charge in [0.15, 0.2) is 11.5 Å². The van der Waals surface area contributed by atoms with Crippen LogP contribution in [-0.2, 0) is 4.79 Å². The summed E-state index contributed by atoms with van der Waals surface area (Å²) in [6.07, 6.45) is 1.79. The van der Waals surface area contributed by atoms with Gasteiger partial charge in [-0.05, 0) is 30.3 Å². The van der Waals surface area contributed by atoms with E-state index >= 15 is 0 Å². The van der Waals surface area contributed by atoms with Crippen molar-refractivity contribution in [2.45, 2.75) is 12.0 Å². The number of carbonyl (C=O) groups is 2. The van der Waals surface area contributed by atoms with Crippen LogP contribution < -0.4 is 10.5 Å². The number of methoxy groups -OCH3 is 1. The van der Waals surface area contributed by atoms with E-state index in [1.54, 1.807) is 37.4 Å². The molecule has 9 nitrogen and oxygen atoms in total. The quantitative estimate of drug-likeness (QED) is 0.611. The SMILES string of the molecule is COc1ccc2c(c1)c(C(N)=O)nn2-c1cc(C#CC2(O)CCN(C)C2=O)ccn1. The largest absolute Gasteiger partial charge is 0.497 e. The highest BCUT2D eigenvalue weighted by atomic mass is 16.5. The van der Waals surface area contributed by atoms with Gasteiger partial charge in [0.2, 0.25) is 5.60 Å². The molecule has 3 heterocycles. The molecule has 1 unspecified atom stereocenters. The minimum Gasteiger partial charge on any atom is -0.497 e. The van der Waals surface area contributed by atoms with Gasteiger partial charge in [-0.1, -0.05) is 11.8 Å². The van der Waals surface area contributed by atoms with Crippen LogP contribution in [-0.4, -0.2) is 62.9 Å². The van der Waals surface area contributed by atoms with Crippen molar-refractivity contribution in [2.75, 3.05) is 20.7 Å². The lowest BCUT2D eigenvalue weighted by molar-refractivity contribution is -0.137. The van der Waals surface area contributed by atoms with E-state index in [0.717, 1.165) is 0 Å². The zero-order valence-electron chi connectivity index (χ0n) is 16.4. The van der Waals surface area contributed by atoms with E-state index in [-0.39, 0.29) is 12.1 Å². The van der Waals surface area contributed by atoms with Crippen LogP contribution >= 0.6 is 0 Å². The van der Waals surface area contributed by atoms with Crippen molar-refractivity contribution < 1.29 is 19.4 Å². The molecule has 0 aliphatic carbocycles. The molecule has 0 bridgehead atoms. The van der Waals surface area contributed by atoms with Gasteiger partial charge in [-0.15, -0.1) is 0 Å². The number of amides is 2. The number of rotatable bonds is 3. The van der Waals surface area contributed by atoms with Crippen LogP contribution in [0.15, 0.2) is 36.5 Å². The third-order valence-electron chi connectivity index (χ3n) is 5.01. The number of pyridine rings is 1. The first-order valence-electron chi connectivity index (χ1n) is 9.16. The molecular formula is C21H19N5O4. The maximum atomic E-state index is 12.1. The molecule has 3 aromatic rings. The average Bonchev–Trinajstić information content (AvgIpc) is 3.26. The summed E-state index contributed by atoms with van der Waals surface area (Å²) in [6, 6.07) is 8.49. The summed E-state index contributed by atoms with van der Waals surface area (Å²) in [5, 5.41) is 15.3. The molecule has 1 aromatic carbocycles. The molecule has 1 fully saturated rings. The fraction of sp³-hybridized carbons (Fsp3) is 0.238. The molecular weight excluding hydrogens is 386 g/mol. The third-order valence-corrected chi connectivity index (χ3v) is 5.01. The van der Waals surface area contributed by atoms with Gasteiger partial charge >= 0.3 is 0 Å². The summed E-state index contributed by atoms with van der Waals surface area (Å²) in [7, 11) is 3.15. The predicted octanol–water partition coefficient (Wildman–Crippen LogP) is 0.473. The molecule has 1 saturated heterocycles. The van der Waals surface area contributed by atoms with Gasteiger partial charge in [0.1, 0.15) is 5.75 Å². The van der Waals surface area contributed by atoms with Crippen LogP contribution in [0.25, 0.3) is 16.7 Å². The van der Waals surface area contributed by atoms with Gasteiger partial charge in [-0.3, -0.25) is 9.59 Å². The van der Waals surface area contributed by atoms with Crippen molar-refractivity contribution in [3.63, 3.8) is 0 Å².